The summed E-state index contributed by atoms with van der Waals surface area (Å²) in [6, 6.07) is 15.0. The minimum atomic E-state index is -0.366. The van der Waals surface area contributed by atoms with Gasteiger partial charge >= 0.3 is 5.97 Å². The van der Waals surface area contributed by atoms with Gasteiger partial charge in [-0.25, -0.2) is 14.8 Å². The standard InChI is InChI=1S/C25H28N2O2/c1-3-5-6-8-19-9-15-23(16-10-19)29-25(28)22-13-11-21(12-14-22)24-26-17-20(7-4-2)18-27-24/h9-18H,3-8H2,1-2H3. The molecule has 3 aromatic rings. The molecule has 2 aromatic carbocycles. The number of unbranched alkanes of at least 4 members (excludes halogenated alkanes) is 2. The van der Waals surface area contributed by atoms with Crippen molar-refractivity contribution in [2.45, 2.75) is 52.4 Å². The molecule has 0 N–H and O–H groups in total. The lowest BCUT2D eigenvalue weighted by atomic mass is 10.1. The number of rotatable bonds is 9. The van der Waals surface area contributed by atoms with Crippen LogP contribution in [0.25, 0.3) is 11.4 Å². The van der Waals surface area contributed by atoms with Crippen LogP contribution in [0.1, 0.15) is 61.0 Å². The van der Waals surface area contributed by atoms with Gasteiger partial charge in [-0.1, -0.05) is 57.4 Å². The Bertz CT molecular complexity index is 901. The summed E-state index contributed by atoms with van der Waals surface area (Å²) in [5, 5.41) is 0. The predicted molar refractivity (Wildman–Crippen MR) is 116 cm³/mol. The van der Waals surface area contributed by atoms with Gasteiger partial charge < -0.3 is 4.74 Å². The number of carbonyl (C=O) groups excluding carboxylic acids is 1. The monoisotopic (exact) mass is 388 g/mol. The lowest BCUT2D eigenvalue weighted by molar-refractivity contribution is 0.0734. The fraction of sp³-hybridized carbons (Fsp3) is 0.320. The van der Waals surface area contributed by atoms with E-state index in [1.54, 1.807) is 12.1 Å². The molecule has 0 amide bonds. The van der Waals surface area contributed by atoms with E-state index >= 15 is 0 Å². The Balaban J connectivity index is 1.60. The van der Waals surface area contributed by atoms with E-state index in [1.807, 2.05) is 48.8 Å². The Labute approximate surface area is 173 Å². The maximum absolute atomic E-state index is 12.4. The number of hydrogen-bond donors (Lipinski definition) is 0. The lowest BCUT2D eigenvalue weighted by Gasteiger charge is -2.07. The van der Waals surface area contributed by atoms with E-state index in [0.29, 0.717) is 17.1 Å². The fourth-order valence-electron chi connectivity index (χ4n) is 3.15. The third-order valence-electron chi connectivity index (χ3n) is 4.83. The second-order valence-corrected chi connectivity index (χ2v) is 7.23. The molecule has 1 aromatic heterocycles. The van der Waals surface area contributed by atoms with E-state index in [1.165, 1.54) is 24.8 Å². The molecule has 0 aliphatic rings. The highest BCUT2D eigenvalue weighted by molar-refractivity contribution is 5.91. The molecular formula is C25H28N2O2. The molecule has 150 valence electrons. The van der Waals surface area contributed by atoms with E-state index in [2.05, 4.69) is 23.8 Å². The molecule has 4 nitrogen and oxygen atoms in total. The molecule has 1 heterocycles. The lowest BCUT2D eigenvalue weighted by Crippen LogP contribution is -2.08. The summed E-state index contributed by atoms with van der Waals surface area (Å²) in [6.45, 7) is 4.33. The number of hydrogen-bond acceptors (Lipinski definition) is 4. The van der Waals surface area contributed by atoms with Crippen LogP contribution in [0.5, 0.6) is 5.75 Å². The second kappa shape index (κ2) is 10.5. The van der Waals surface area contributed by atoms with Gasteiger partial charge in [0.2, 0.25) is 0 Å². The first kappa shape index (κ1) is 20.7. The maximum Gasteiger partial charge on any atom is 0.343 e. The molecule has 0 spiro atoms. The van der Waals surface area contributed by atoms with Gasteiger partial charge in [0.1, 0.15) is 5.75 Å². The van der Waals surface area contributed by atoms with Gasteiger partial charge in [0.15, 0.2) is 5.82 Å². The first-order valence-corrected chi connectivity index (χ1v) is 10.4. The van der Waals surface area contributed by atoms with E-state index in [-0.39, 0.29) is 5.97 Å². The summed E-state index contributed by atoms with van der Waals surface area (Å²) >= 11 is 0. The van der Waals surface area contributed by atoms with Crippen molar-refractivity contribution in [3.63, 3.8) is 0 Å². The summed E-state index contributed by atoms with van der Waals surface area (Å²) in [5.74, 6) is 0.853. The number of nitrogens with zero attached hydrogens (tertiary/aromatic N) is 2. The zero-order valence-corrected chi connectivity index (χ0v) is 17.2. The summed E-state index contributed by atoms with van der Waals surface area (Å²) in [7, 11) is 0. The minimum absolute atomic E-state index is 0.366. The zero-order valence-electron chi connectivity index (χ0n) is 17.2. The third kappa shape index (κ3) is 5.98. The number of aromatic nitrogens is 2. The Morgan fingerprint density at radius 2 is 1.48 bits per heavy atom. The number of carbonyl (C=O) groups is 1. The van der Waals surface area contributed by atoms with Crippen LogP contribution in [-0.2, 0) is 12.8 Å². The normalized spacial score (nSPS) is 10.7. The SMILES string of the molecule is CCCCCc1ccc(OC(=O)c2ccc(-c3ncc(CCC)cn3)cc2)cc1. The number of ether oxygens (including phenoxy) is 1. The largest absolute Gasteiger partial charge is 0.423 e. The molecule has 0 fully saturated rings. The smallest absolute Gasteiger partial charge is 0.343 e. The van der Waals surface area contributed by atoms with Crippen LogP contribution in [0.3, 0.4) is 0 Å². The highest BCUT2D eigenvalue weighted by Gasteiger charge is 2.10. The average Bonchev–Trinajstić information content (AvgIpc) is 2.76. The second-order valence-electron chi connectivity index (χ2n) is 7.23. The first-order chi connectivity index (χ1) is 14.2. The Morgan fingerprint density at radius 3 is 2.10 bits per heavy atom. The molecule has 0 saturated carbocycles. The Kier molecular flexibility index (Phi) is 7.51. The first-order valence-electron chi connectivity index (χ1n) is 10.4. The number of aryl methyl sites for hydroxylation is 2. The van der Waals surface area contributed by atoms with Gasteiger partial charge in [-0.2, -0.15) is 0 Å². The molecule has 4 heteroatoms. The zero-order chi connectivity index (χ0) is 20.5. The topological polar surface area (TPSA) is 52.1 Å². The van der Waals surface area contributed by atoms with Crippen molar-refractivity contribution in [2.24, 2.45) is 0 Å². The highest BCUT2D eigenvalue weighted by atomic mass is 16.5. The van der Waals surface area contributed by atoms with Gasteiger partial charge in [-0.05, 0) is 54.7 Å². The highest BCUT2D eigenvalue weighted by Crippen LogP contribution is 2.19. The van der Waals surface area contributed by atoms with Crippen LogP contribution in [0, 0.1) is 0 Å². The summed E-state index contributed by atoms with van der Waals surface area (Å²) < 4.78 is 5.50. The van der Waals surface area contributed by atoms with Crippen LogP contribution in [0.15, 0.2) is 60.9 Å². The molecular weight excluding hydrogens is 360 g/mol. The van der Waals surface area contributed by atoms with E-state index in [4.69, 9.17) is 4.74 Å². The molecule has 0 bridgehead atoms. The van der Waals surface area contributed by atoms with Gasteiger partial charge in [0.25, 0.3) is 0 Å². The number of benzene rings is 2. The van der Waals surface area contributed by atoms with Crippen LogP contribution >= 0.6 is 0 Å². The fourth-order valence-corrected chi connectivity index (χ4v) is 3.15. The molecule has 3 rings (SSSR count). The third-order valence-corrected chi connectivity index (χ3v) is 4.83. The van der Waals surface area contributed by atoms with Gasteiger partial charge in [0, 0.05) is 18.0 Å². The molecule has 0 aliphatic carbocycles. The van der Waals surface area contributed by atoms with Crippen molar-refractivity contribution in [1.82, 2.24) is 9.97 Å². The number of esters is 1. The molecule has 0 aliphatic heterocycles. The van der Waals surface area contributed by atoms with Crippen LogP contribution in [0.4, 0.5) is 0 Å². The van der Waals surface area contributed by atoms with Crippen molar-refractivity contribution < 1.29 is 9.53 Å². The van der Waals surface area contributed by atoms with Crippen molar-refractivity contribution in [3.05, 3.63) is 77.6 Å². The van der Waals surface area contributed by atoms with Crippen molar-refractivity contribution in [2.75, 3.05) is 0 Å². The van der Waals surface area contributed by atoms with Crippen molar-refractivity contribution in [3.8, 4) is 17.1 Å². The van der Waals surface area contributed by atoms with Gasteiger partial charge in [-0.3, -0.25) is 0 Å². The summed E-state index contributed by atoms with van der Waals surface area (Å²) in [6.07, 6.45) is 10.5. The average molecular weight is 389 g/mol. The van der Waals surface area contributed by atoms with E-state index in [9.17, 15) is 4.79 Å². The molecule has 0 atom stereocenters. The molecule has 0 saturated heterocycles. The van der Waals surface area contributed by atoms with Gasteiger partial charge in [0.05, 0.1) is 5.56 Å². The molecule has 29 heavy (non-hydrogen) atoms. The summed E-state index contributed by atoms with van der Waals surface area (Å²) in [4.78, 5) is 21.3. The predicted octanol–water partition coefficient (Wildman–Crippen LogP) is 6.05. The molecule has 0 unspecified atom stereocenters. The molecule has 0 radical (unpaired) electrons. The van der Waals surface area contributed by atoms with Crippen LogP contribution < -0.4 is 4.74 Å². The van der Waals surface area contributed by atoms with Crippen molar-refractivity contribution in [1.29, 1.82) is 0 Å². The quantitative estimate of drug-likeness (QED) is 0.254. The van der Waals surface area contributed by atoms with Gasteiger partial charge in [-0.15, -0.1) is 0 Å². The Morgan fingerprint density at radius 1 is 0.793 bits per heavy atom. The Hall–Kier alpha value is -3.01. The maximum atomic E-state index is 12.4. The minimum Gasteiger partial charge on any atom is -0.423 e. The van der Waals surface area contributed by atoms with Crippen molar-refractivity contribution >= 4 is 5.97 Å². The summed E-state index contributed by atoms with van der Waals surface area (Å²) in [5.41, 5.74) is 3.78. The van der Waals surface area contributed by atoms with Crippen LogP contribution in [-0.4, -0.2) is 15.9 Å². The van der Waals surface area contributed by atoms with E-state index < -0.39 is 0 Å². The van der Waals surface area contributed by atoms with E-state index in [0.717, 1.165) is 30.4 Å². The van der Waals surface area contributed by atoms with Crippen LogP contribution in [0.2, 0.25) is 0 Å².